The third kappa shape index (κ3) is 5.46. The van der Waals surface area contributed by atoms with Gasteiger partial charge in [-0.15, -0.1) is 0 Å². The molecule has 52 valence electrons. The van der Waals surface area contributed by atoms with E-state index in [2.05, 4.69) is 4.74 Å². The summed E-state index contributed by atoms with van der Waals surface area (Å²) in [6, 6.07) is 0. The molecule has 0 aromatic rings. The zero-order valence-corrected chi connectivity index (χ0v) is 5.67. The average molecular weight is 151 g/mol. The van der Waals surface area contributed by atoms with E-state index in [1.165, 1.54) is 0 Å². The Kier molecular flexibility index (Phi) is 4.26. The van der Waals surface area contributed by atoms with Gasteiger partial charge in [-0.3, -0.25) is 9.59 Å². The fourth-order valence-corrected chi connectivity index (χ4v) is 0.322. The van der Waals surface area contributed by atoms with E-state index >= 15 is 0 Å². The lowest BCUT2D eigenvalue weighted by Crippen LogP contribution is -1.69. The highest BCUT2D eigenvalue weighted by molar-refractivity contribution is 6.21. The Balaban J connectivity index is 0.000000148. The fraction of sp³-hybridized carbons (Fsp3) is 0.600. The molecule has 3 nitrogen and oxygen atoms in total. The molecule has 0 amide bonds. The van der Waals surface area contributed by atoms with Crippen LogP contribution in [0.4, 0.5) is 0 Å². The van der Waals surface area contributed by atoms with E-state index in [1.54, 1.807) is 0 Å². The summed E-state index contributed by atoms with van der Waals surface area (Å²) in [5.41, 5.74) is 0.0231. The second-order valence-electron chi connectivity index (χ2n) is 1.46. The first-order valence-electron chi connectivity index (χ1n) is 2.41. The standard InChI is InChI=1S/C3H5ClO.C2H2O2/c1-2-3(4)5-2;3-1-2-4/h2-3H,1H3;1-2H. The van der Waals surface area contributed by atoms with Crippen LogP contribution < -0.4 is 0 Å². The first-order valence-corrected chi connectivity index (χ1v) is 2.84. The van der Waals surface area contributed by atoms with Gasteiger partial charge in [-0.05, 0) is 6.92 Å². The summed E-state index contributed by atoms with van der Waals surface area (Å²) in [6.07, 6.45) is 0.705. The Bertz CT molecular complexity index is 92.4. The minimum absolute atomic E-state index is 0.0231. The van der Waals surface area contributed by atoms with E-state index < -0.39 is 0 Å². The second kappa shape index (κ2) is 4.47. The average Bonchev–Trinajstić information content (AvgIpc) is 2.47. The van der Waals surface area contributed by atoms with E-state index in [1.807, 2.05) is 6.92 Å². The number of aldehydes is 2. The van der Waals surface area contributed by atoms with Crippen LogP contribution in [0.2, 0.25) is 0 Å². The Morgan fingerprint density at radius 2 is 1.67 bits per heavy atom. The molecule has 9 heavy (non-hydrogen) atoms. The molecule has 0 aliphatic carbocycles. The molecule has 1 rings (SSSR count). The van der Waals surface area contributed by atoms with Gasteiger partial charge in [0.15, 0.2) is 18.1 Å². The third-order valence-electron chi connectivity index (χ3n) is 0.693. The summed E-state index contributed by atoms with van der Waals surface area (Å²) in [5, 5.41) is 0. The van der Waals surface area contributed by atoms with Crippen LogP contribution in [0.1, 0.15) is 6.92 Å². The van der Waals surface area contributed by atoms with Crippen LogP contribution in [0.5, 0.6) is 0 Å². The highest BCUT2D eigenvalue weighted by atomic mass is 35.5. The van der Waals surface area contributed by atoms with Crippen LogP contribution in [-0.2, 0) is 14.3 Å². The van der Waals surface area contributed by atoms with Crippen LogP contribution in [0.25, 0.3) is 0 Å². The molecule has 0 N–H and O–H groups in total. The smallest absolute Gasteiger partial charge is 0.182 e. The molecule has 1 saturated heterocycles. The van der Waals surface area contributed by atoms with Crippen LogP contribution >= 0.6 is 11.6 Å². The number of epoxide rings is 1. The number of halogens is 1. The summed E-state index contributed by atoms with van der Waals surface area (Å²) in [7, 11) is 0. The zero-order valence-electron chi connectivity index (χ0n) is 4.91. The van der Waals surface area contributed by atoms with Crippen molar-refractivity contribution in [3.63, 3.8) is 0 Å². The SMILES string of the molecule is CC1OC1Cl.O=CC=O. The van der Waals surface area contributed by atoms with E-state index in [4.69, 9.17) is 21.2 Å². The van der Waals surface area contributed by atoms with E-state index in [9.17, 15) is 0 Å². The predicted octanol–water partition coefficient (Wildman–Crippen LogP) is 0.354. The van der Waals surface area contributed by atoms with Crippen LogP contribution in [0.3, 0.4) is 0 Å². The molecule has 2 unspecified atom stereocenters. The normalized spacial score (nSPS) is 29.6. The number of hydrogen-bond acceptors (Lipinski definition) is 3. The Morgan fingerprint density at radius 3 is 1.67 bits per heavy atom. The molecule has 0 aromatic heterocycles. The molecular formula is C5H7ClO3. The maximum atomic E-state index is 8.81. The van der Waals surface area contributed by atoms with Gasteiger partial charge in [0.2, 0.25) is 0 Å². The van der Waals surface area contributed by atoms with Gasteiger partial charge in [0.1, 0.15) is 0 Å². The Labute approximate surface area is 57.9 Å². The second-order valence-corrected chi connectivity index (χ2v) is 1.89. The van der Waals surface area contributed by atoms with Crippen molar-refractivity contribution in [2.75, 3.05) is 0 Å². The number of alkyl halides is 1. The van der Waals surface area contributed by atoms with E-state index in [0.29, 0.717) is 6.10 Å². The summed E-state index contributed by atoms with van der Waals surface area (Å²) >= 11 is 5.31. The maximum Gasteiger partial charge on any atom is 0.182 e. The van der Waals surface area contributed by atoms with Crippen LogP contribution in [0.15, 0.2) is 0 Å². The Morgan fingerprint density at radius 1 is 1.44 bits per heavy atom. The highest BCUT2D eigenvalue weighted by Gasteiger charge is 2.30. The van der Waals surface area contributed by atoms with E-state index in [-0.39, 0.29) is 18.1 Å². The number of carbonyl (C=O) groups excluding carboxylic acids is 2. The van der Waals surface area contributed by atoms with Crippen molar-refractivity contribution in [1.82, 2.24) is 0 Å². The molecule has 1 aliphatic heterocycles. The lowest BCUT2D eigenvalue weighted by Gasteiger charge is -1.55. The van der Waals surface area contributed by atoms with Gasteiger partial charge in [-0.25, -0.2) is 0 Å². The van der Waals surface area contributed by atoms with Crippen molar-refractivity contribution >= 4 is 24.2 Å². The third-order valence-corrected chi connectivity index (χ3v) is 1.15. The fourth-order valence-electron chi connectivity index (χ4n) is 0.160. The first kappa shape index (κ1) is 8.59. The molecule has 0 saturated carbocycles. The van der Waals surface area contributed by atoms with E-state index in [0.717, 1.165) is 0 Å². The number of ether oxygens (including phenoxy) is 1. The van der Waals surface area contributed by atoms with Crippen LogP contribution in [0, 0.1) is 0 Å². The number of hydrogen-bond donors (Lipinski definition) is 0. The van der Waals surface area contributed by atoms with Gasteiger partial charge in [-0.1, -0.05) is 11.6 Å². The molecule has 1 fully saturated rings. The lowest BCUT2D eigenvalue weighted by atomic mass is 10.6. The molecular weight excluding hydrogens is 144 g/mol. The molecule has 1 heterocycles. The maximum absolute atomic E-state index is 8.81. The van der Waals surface area contributed by atoms with Gasteiger partial charge in [0, 0.05) is 0 Å². The van der Waals surface area contributed by atoms with Gasteiger partial charge < -0.3 is 4.74 Å². The largest absolute Gasteiger partial charge is 0.353 e. The van der Waals surface area contributed by atoms with Crippen molar-refractivity contribution < 1.29 is 14.3 Å². The van der Waals surface area contributed by atoms with Gasteiger partial charge >= 0.3 is 0 Å². The molecule has 0 spiro atoms. The number of carbonyl (C=O) groups is 2. The minimum Gasteiger partial charge on any atom is -0.353 e. The number of rotatable bonds is 1. The van der Waals surface area contributed by atoms with Crippen molar-refractivity contribution in [1.29, 1.82) is 0 Å². The first-order chi connectivity index (χ1) is 4.22. The summed E-state index contributed by atoms with van der Waals surface area (Å²) in [6.45, 7) is 1.94. The van der Waals surface area contributed by atoms with Crippen molar-refractivity contribution in [2.45, 2.75) is 18.6 Å². The molecule has 2 atom stereocenters. The topological polar surface area (TPSA) is 46.7 Å². The minimum atomic E-state index is 0.0231. The molecule has 0 bridgehead atoms. The van der Waals surface area contributed by atoms with Crippen molar-refractivity contribution in [2.24, 2.45) is 0 Å². The van der Waals surface area contributed by atoms with Gasteiger partial charge in [0.25, 0.3) is 0 Å². The summed E-state index contributed by atoms with van der Waals surface area (Å²) < 4.78 is 4.68. The summed E-state index contributed by atoms with van der Waals surface area (Å²) in [4.78, 5) is 17.6. The zero-order chi connectivity index (χ0) is 7.28. The predicted molar refractivity (Wildman–Crippen MR) is 32.3 cm³/mol. The Hall–Kier alpha value is -0.410. The molecule has 0 aromatic carbocycles. The quantitative estimate of drug-likeness (QED) is 0.235. The van der Waals surface area contributed by atoms with Crippen molar-refractivity contribution in [3.05, 3.63) is 0 Å². The van der Waals surface area contributed by atoms with Crippen LogP contribution in [-0.4, -0.2) is 24.2 Å². The monoisotopic (exact) mass is 150 g/mol. The van der Waals surface area contributed by atoms with Crippen molar-refractivity contribution in [3.8, 4) is 0 Å². The molecule has 4 heteroatoms. The lowest BCUT2D eigenvalue weighted by molar-refractivity contribution is -0.122. The highest BCUT2D eigenvalue weighted by Crippen LogP contribution is 2.23. The van der Waals surface area contributed by atoms with Gasteiger partial charge in [-0.2, -0.15) is 0 Å². The molecule has 1 aliphatic rings. The molecule has 0 radical (unpaired) electrons. The summed E-state index contributed by atoms with van der Waals surface area (Å²) in [5.74, 6) is 0. The van der Waals surface area contributed by atoms with Gasteiger partial charge in [0.05, 0.1) is 6.10 Å².